The minimum absolute atomic E-state index is 0. The largest absolute Gasteiger partial charge is 4.00 e. The van der Waals surface area contributed by atoms with Crippen LogP contribution in [0.2, 0.25) is 13.1 Å². The number of aromatic nitrogens is 2. The van der Waals surface area contributed by atoms with Crippen molar-refractivity contribution in [2.24, 2.45) is 0 Å². The number of anilines is 3. The van der Waals surface area contributed by atoms with Gasteiger partial charge in [-0.2, -0.15) is 78.9 Å². The second-order valence-electron chi connectivity index (χ2n) is 13.5. The van der Waals surface area contributed by atoms with Gasteiger partial charge in [0, 0.05) is 5.69 Å². The van der Waals surface area contributed by atoms with E-state index in [1.54, 1.807) is 0 Å². The molecule has 6 aromatic carbocycles. The van der Waals surface area contributed by atoms with Crippen molar-refractivity contribution in [2.75, 3.05) is 4.90 Å². The number of benzene rings is 6. The molecule has 7 aromatic rings. The van der Waals surface area contributed by atoms with Crippen LogP contribution < -0.4 is 19.8 Å². The summed E-state index contributed by atoms with van der Waals surface area (Å²) in [5.74, 6) is 0. The Bertz CT molecular complexity index is 2190. The van der Waals surface area contributed by atoms with Gasteiger partial charge in [-0.1, -0.05) is 98.5 Å². The molecular formula is C43H36N3PtSi+. The van der Waals surface area contributed by atoms with Crippen LogP contribution in [0.3, 0.4) is 0 Å². The minimum atomic E-state index is -1.76. The predicted molar refractivity (Wildman–Crippen MR) is 195 cm³/mol. The van der Waals surface area contributed by atoms with Gasteiger partial charge in [-0.25, -0.2) is 0 Å². The van der Waals surface area contributed by atoms with Gasteiger partial charge in [-0.05, 0) is 40.9 Å². The van der Waals surface area contributed by atoms with Gasteiger partial charge >= 0.3 is 21.1 Å². The topological polar surface area (TPSA) is 12.1 Å². The molecule has 0 N–H and O–H groups in total. The zero-order chi connectivity index (χ0) is 32.3. The molecule has 0 aliphatic carbocycles. The van der Waals surface area contributed by atoms with E-state index in [1.807, 2.05) is 36.4 Å². The Kier molecular flexibility index (Phi) is 8.14. The molecule has 236 valence electrons. The first-order chi connectivity index (χ1) is 22.8. The zero-order valence-electron chi connectivity index (χ0n) is 27.8. The number of hydrogen-bond acceptors (Lipinski definition) is 1. The van der Waals surface area contributed by atoms with E-state index in [4.69, 9.17) is 0 Å². The smallest absolute Gasteiger partial charge is 0.358 e. The SMILES string of the molecule is CC1(C)c2ccc[c-]c2N2c3[c-]cccc3[Si](C)(C)c3cccc1c32.Cc1ccc(-[n+]2[c-]n(-c3[c-]cccc3)c3ccccc32)cc1.[Pt+4]. The van der Waals surface area contributed by atoms with Gasteiger partial charge in [0.2, 0.25) is 0 Å². The van der Waals surface area contributed by atoms with Crippen molar-refractivity contribution >= 4 is 46.5 Å². The molecule has 2 aliphatic rings. The summed E-state index contributed by atoms with van der Waals surface area (Å²) in [6, 6.07) is 54.9. The average Bonchev–Trinajstić information content (AvgIpc) is 3.49. The molecule has 1 aromatic heterocycles. The van der Waals surface area contributed by atoms with E-state index in [1.165, 1.54) is 44.1 Å². The van der Waals surface area contributed by atoms with Crippen molar-refractivity contribution in [1.82, 2.24) is 4.57 Å². The molecule has 0 spiro atoms. The molecule has 0 unspecified atom stereocenters. The van der Waals surface area contributed by atoms with E-state index in [-0.39, 0.29) is 26.5 Å². The van der Waals surface area contributed by atoms with Gasteiger partial charge in [-0.15, -0.1) is 10.8 Å². The molecule has 9 rings (SSSR count). The molecule has 0 amide bonds. The van der Waals surface area contributed by atoms with Crippen LogP contribution in [-0.4, -0.2) is 12.6 Å². The fraction of sp³-hybridized carbons (Fsp3) is 0.140. The van der Waals surface area contributed by atoms with E-state index in [0.29, 0.717) is 0 Å². The van der Waals surface area contributed by atoms with Crippen LogP contribution >= 0.6 is 0 Å². The van der Waals surface area contributed by atoms with Crippen LogP contribution in [0.1, 0.15) is 30.5 Å². The summed E-state index contributed by atoms with van der Waals surface area (Å²) in [7, 11) is -1.76. The summed E-state index contributed by atoms with van der Waals surface area (Å²) in [6.45, 7) is 11.7. The fourth-order valence-corrected chi connectivity index (χ4v) is 10.2. The van der Waals surface area contributed by atoms with Crippen molar-refractivity contribution in [2.45, 2.75) is 39.3 Å². The average molecular weight is 818 g/mol. The summed E-state index contributed by atoms with van der Waals surface area (Å²) in [4.78, 5) is 2.42. The van der Waals surface area contributed by atoms with Gasteiger partial charge in [-0.3, -0.25) is 4.57 Å². The van der Waals surface area contributed by atoms with Gasteiger partial charge < -0.3 is 9.47 Å². The van der Waals surface area contributed by atoms with Crippen LogP contribution in [0, 0.1) is 31.5 Å². The van der Waals surface area contributed by atoms with Crippen LogP contribution in [-0.2, 0) is 26.5 Å². The Hall–Kier alpha value is -4.50. The van der Waals surface area contributed by atoms with Gasteiger partial charge in [0.05, 0.1) is 24.8 Å². The molecule has 3 nitrogen and oxygen atoms in total. The zero-order valence-corrected chi connectivity index (χ0v) is 31.1. The van der Waals surface area contributed by atoms with E-state index in [2.05, 4.69) is 163 Å². The standard InChI is InChI=1S/C23H21NSi.C20H15N2.Pt/c1-23(2)16-10-5-6-12-18(16)24-19-13-7-8-14-20(19)25(3,4)21-15-9-11-17(23)22(21)24;1-16-11-13-18(14-12-16)22-15-21(17-7-3-2-4-8-17)19-9-5-6-10-20(19)22;/h5-11,14-15H,1-4H3;2-7,9-14H,1H3;/q-2;-1;+4. The first-order valence-corrected chi connectivity index (χ1v) is 19.2. The molecule has 3 heterocycles. The van der Waals surface area contributed by atoms with Gasteiger partial charge in [0.1, 0.15) is 0 Å². The fourth-order valence-electron chi connectivity index (χ4n) is 7.30. The number of imidazole rings is 1. The maximum absolute atomic E-state index is 3.56. The number of fused-ring (bicyclic) bond motifs is 5. The monoisotopic (exact) mass is 817 g/mol. The minimum Gasteiger partial charge on any atom is -0.358 e. The molecule has 0 fully saturated rings. The van der Waals surface area contributed by atoms with E-state index < -0.39 is 8.07 Å². The number of aryl methyl sites for hydroxylation is 1. The Morgan fingerprint density at radius 1 is 0.646 bits per heavy atom. The van der Waals surface area contributed by atoms with E-state index >= 15 is 0 Å². The molecule has 0 atom stereocenters. The Labute approximate surface area is 299 Å². The number of rotatable bonds is 2. The summed E-state index contributed by atoms with van der Waals surface area (Å²) in [5, 5.41) is 2.98. The Morgan fingerprint density at radius 3 is 2.08 bits per heavy atom. The van der Waals surface area contributed by atoms with E-state index in [0.717, 1.165) is 22.4 Å². The second-order valence-corrected chi connectivity index (χ2v) is 17.8. The van der Waals surface area contributed by atoms with Crippen molar-refractivity contribution < 1.29 is 25.6 Å². The summed E-state index contributed by atoms with van der Waals surface area (Å²) >= 11 is 0. The maximum atomic E-state index is 3.56. The van der Waals surface area contributed by atoms with E-state index in [9.17, 15) is 0 Å². The van der Waals surface area contributed by atoms with Crippen molar-refractivity contribution in [1.29, 1.82) is 0 Å². The Balaban J connectivity index is 0.000000150. The third-order valence-corrected chi connectivity index (χ3v) is 13.4. The van der Waals surface area contributed by atoms with Crippen LogP contribution in [0.4, 0.5) is 17.1 Å². The maximum Gasteiger partial charge on any atom is 4.00 e. The van der Waals surface area contributed by atoms with Crippen molar-refractivity contribution in [3.63, 3.8) is 0 Å². The summed E-state index contributed by atoms with van der Waals surface area (Å²) in [5.41, 5.74) is 12.1. The molecule has 48 heavy (non-hydrogen) atoms. The van der Waals surface area contributed by atoms with Gasteiger partial charge in [0.25, 0.3) is 6.33 Å². The molecular weight excluding hydrogens is 782 g/mol. The van der Waals surface area contributed by atoms with Crippen LogP contribution in [0.25, 0.3) is 22.4 Å². The van der Waals surface area contributed by atoms with Crippen LogP contribution in [0.15, 0.2) is 127 Å². The summed E-state index contributed by atoms with van der Waals surface area (Å²) < 4.78 is 4.14. The Morgan fingerprint density at radius 2 is 1.31 bits per heavy atom. The normalized spacial score (nSPS) is 14.5. The third kappa shape index (κ3) is 5.01. The number of hydrogen-bond donors (Lipinski definition) is 0. The molecule has 5 heteroatoms. The first kappa shape index (κ1) is 32.1. The number of para-hydroxylation sites is 6. The molecule has 0 bridgehead atoms. The second kappa shape index (κ2) is 12.2. The number of nitrogens with zero attached hydrogens (tertiary/aromatic N) is 3. The predicted octanol–water partition coefficient (Wildman–Crippen LogP) is 8.35. The molecule has 2 aliphatic heterocycles. The molecule has 0 radical (unpaired) electrons. The van der Waals surface area contributed by atoms with Crippen molar-refractivity contribution in [3.05, 3.63) is 169 Å². The van der Waals surface area contributed by atoms with Gasteiger partial charge in [0.15, 0.2) is 0 Å². The first-order valence-electron chi connectivity index (χ1n) is 16.2. The third-order valence-electron chi connectivity index (χ3n) is 9.86. The quantitative estimate of drug-likeness (QED) is 0.0972. The van der Waals surface area contributed by atoms with Crippen molar-refractivity contribution in [3.8, 4) is 11.4 Å². The summed E-state index contributed by atoms with van der Waals surface area (Å²) in [6.07, 6.45) is 3.44. The molecule has 0 saturated carbocycles. The van der Waals surface area contributed by atoms with Crippen LogP contribution in [0.5, 0.6) is 0 Å². The molecule has 0 saturated heterocycles.